The summed E-state index contributed by atoms with van der Waals surface area (Å²) in [7, 11) is 1.67. The maximum absolute atomic E-state index is 12.4. The number of rotatable bonds is 4. The van der Waals surface area contributed by atoms with Crippen molar-refractivity contribution in [2.75, 3.05) is 7.05 Å². The van der Waals surface area contributed by atoms with Crippen LogP contribution in [0, 0.1) is 10.1 Å². The van der Waals surface area contributed by atoms with Gasteiger partial charge in [0.1, 0.15) is 0 Å². The van der Waals surface area contributed by atoms with E-state index in [2.05, 4.69) is 0 Å². The lowest BCUT2D eigenvalue weighted by Crippen LogP contribution is -2.29. The molecule has 0 saturated carbocycles. The average molecular weight is 325 g/mol. The number of nitro groups is 1. The minimum absolute atomic E-state index is 0.0397. The van der Waals surface area contributed by atoms with Gasteiger partial charge in [-0.3, -0.25) is 14.9 Å². The first-order chi connectivity index (χ1) is 9.90. The quantitative estimate of drug-likeness (QED) is 0.627. The minimum Gasteiger partial charge on any atom is -0.334 e. The van der Waals surface area contributed by atoms with Crippen molar-refractivity contribution in [3.05, 3.63) is 62.0 Å². The summed E-state index contributed by atoms with van der Waals surface area (Å²) in [5.41, 5.74) is 0.907. The van der Waals surface area contributed by atoms with Gasteiger partial charge in [-0.15, -0.1) is 0 Å². The molecule has 0 saturated heterocycles. The van der Waals surface area contributed by atoms with Crippen molar-refractivity contribution < 1.29 is 9.72 Å². The minimum atomic E-state index is -0.498. The first-order valence-electron chi connectivity index (χ1n) is 6.17. The molecule has 0 spiro atoms. The fourth-order valence-electron chi connectivity index (χ4n) is 1.88. The smallest absolute Gasteiger partial charge is 0.324 e. The lowest BCUT2D eigenvalue weighted by molar-refractivity contribution is -0.380. The van der Waals surface area contributed by atoms with E-state index < -0.39 is 4.92 Å². The Morgan fingerprint density at radius 1 is 1.38 bits per heavy atom. The van der Waals surface area contributed by atoms with E-state index >= 15 is 0 Å². The second-order valence-corrected chi connectivity index (χ2v) is 6.04. The molecule has 0 radical (unpaired) electrons. The molecule has 0 aliphatic rings. The number of halogens is 1. The average Bonchev–Trinajstić information content (AvgIpc) is 2.95. The molecule has 5 nitrogen and oxygen atoms in total. The number of thiophene rings is 1. The summed E-state index contributed by atoms with van der Waals surface area (Å²) in [6, 6.07) is 9.91. The van der Waals surface area contributed by atoms with Crippen LogP contribution in [0.25, 0.3) is 0 Å². The van der Waals surface area contributed by atoms with Gasteiger partial charge in [-0.25, -0.2) is 0 Å². The molecule has 2 rings (SSSR count). The van der Waals surface area contributed by atoms with Crippen LogP contribution in [0.1, 0.15) is 28.2 Å². The third kappa shape index (κ3) is 3.40. The van der Waals surface area contributed by atoms with Gasteiger partial charge in [-0.2, -0.15) is 0 Å². The van der Waals surface area contributed by atoms with Crippen LogP contribution in [0.3, 0.4) is 0 Å². The Labute approximate surface area is 130 Å². The van der Waals surface area contributed by atoms with E-state index in [-0.39, 0.29) is 17.0 Å². The molecule has 2 aromatic rings. The zero-order valence-electron chi connectivity index (χ0n) is 11.4. The van der Waals surface area contributed by atoms with E-state index in [9.17, 15) is 14.9 Å². The van der Waals surface area contributed by atoms with E-state index in [4.69, 9.17) is 11.6 Å². The van der Waals surface area contributed by atoms with Crippen LogP contribution in [0.5, 0.6) is 0 Å². The molecule has 1 aromatic heterocycles. The Hall–Kier alpha value is -1.92. The zero-order chi connectivity index (χ0) is 15.6. The van der Waals surface area contributed by atoms with Crippen LogP contribution in [0.4, 0.5) is 5.00 Å². The molecule has 0 bridgehead atoms. The molecule has 0 aliphatic carbocycles. The largest absolute Gasteiger partial charge is 0.334 e. The van der Waals surface area contributed by atoms with Crippen molar-refractivity contribution in [2.24, 2.45) is 0 Å². The molecule has 7 heteroatoms. The van der Waals surface area contributed by atoms with Gasteiger partial charge in [0.05, 0.1) is 15.8 Å². The monoisotopic (exact) mass is 324 g/mol. The predicted molar refractivity (Wildman–Crippen MR) is 82.9 cm³/mol. The Kier molecular flexibility index (Phi) is 4.59. The summed E-state index contributed by atoms with van der Waals surface area (Å²) >= 11 is 6.83. The van der Waals surface area contributed by atoms with Gasteiger partial charge in [0.15, 0.2) is 0 Å². The number of hydrogen-bond acceptors (Lipinski definition) is 4. The van der Waals surface area contributed by atoms with E-state index in [0.29, 0.717) is 9.90 Å². The third-order valence-electron chi connectivity index (χ3n) is 3.21. The zero-order valence-corrected chi connectivity index (χ0v) is 13.0. The molecule has 0 aliphatic heterocycles. The Balaban J connectivity index is 2.19. The summed E-state index contributed by atoms with van der Waals surface area (Å²) in [6.45, 7) is 1.88. The van der Waals surface area contributed by atoms with Crippen LogP contribution in [0.2, 0.25) is 5.02 Å². The number of hydrogen-bond donors (Lipinski definition) is 0. The highest BCUT2D eigenvalue weighted by molar-refractivity contribution is 7.17. The van der Waals surface area contributed by atoms with Crippen LogP contribution >= 0.6 is 22.9 Å². The van der Waals surface area contributed by atoms with Crippen molar-refractivity contribution in [1.29, 1.82) is 0 Å². The molecule has 110 valence electrons. The van der Waals surface area contributed by atoms with Crippen molar-refractivity contribution in [2.45, 2.75) is 13.0 Å². The number of carbonyl (C=O) groups is 1. The van der Waals surface area contributed by atoms with Gasteiger partial charge in [-0.1, -0.05) is 35.1 Å². The Bertz CT molecular complexity index is 686. The summed E-state index contributed by atoms with van der Waals surface area (Å²) in [5, 5.41) is 11.2. The first kappa shape index (κ1) is 15.5. The Morgan fingerprint density at radius 3 is 2.67 bits per heavy atom. The fourth-order valence-corrected chi connectivity index (χ4v) is 2.88. The highest BCUT2D eigenvalue weighted by Gasteiger charge is 2.22. The molecular weight excluding hydrogens is 312 g/mol. The van der Waals surface area contributed by atoms with Gasteiger partial charge in [0, 0.05) is 18.1 Å². The standard InChI is InChI=1S/C14H13ClN2O3S/c1-9(10-4-3-5-11(15)8-10)16(2)14(18)12-6-7-13(21-12)17(19)20/h3-9H,1-2H3. The first-order valence-corrected chi connectivity index (χ1v) is 7.36. The highest BCUT2D eigenvalue weighted by Crippen LogP contribution is 2.28. The van der Waals surface area contributed by atoms with Crippen LogP contribution < -0.4 is 0 Å². The number of amides is 1. The number of nitrogens with zero attached hydrogens (tertiary/aromatic N) is 2. The number of carbonyl (C=O) groups excluding carboxylic acids is 1. The maximum Gasteiger partial charge on any atom is 0.324 e. The van der Waals surface area contributed by atoms with E-state index in [1.54, 1.807) is 24.1 Å². The van der Waals surface area contributed by atoms with Crippen molar-refractivity contribution in [3.63, 3.8) is 0 Å². The summed E-state index contributed by atoms with van der Waals surface area (Å²) in [6.07, 6.45) is 0. The van der Waals surface area contributed by atoms with E-state index in [1.165, 1.54) is 12.1 Å². The summed E-state index contributed by atoms with van der Waals surface area (Å²) < 4.78 is 0. The van der Waals surface area contributed by atoms with E-state index in [0.717, 1.165) is 16.9 Å². The molecule has 21 heavy (non-hydrogen) atoms. The number of benzene rings is 1. The lowest BCUT2D eigenvalue weighted by atomic mass is 10.1. The van der Waals surface area contributed by atoms with Crippen molar-refractivity contribution in [3.8, 4) is 0 Å². The van der Waals surface area contributed by atoms with E-state index in [1.807, 2.05) is 19.1 Å². The van der Waals surface area contributed by atoms with Gasteiger partial charge in [0.25, 0.3) is 5.91 Å². The topological polar surface area (TPSA) is 63.5 Å². The third-order valence-corrected chi connectivity index (χ3v) is 4.47. The maximum atomic E-state index is 12.4. The van der Waals surface area contributed by atoms with Crippen molar-refractivity contribution in [1.82, 2.24) is 4.90 Å². The predicted octanol–water partition coefficient (Wildman–Crippen LogP) is 4.14. The second-order valence-electron chi connectivity index (χ2n) is 4.54. The molecular formula is C14H13ClN2O3S. The lowest BCUT2D eigenvalue weighted by Gasteiger charge is -2.24. The normalized spacial score (nSPS) is 12.0. The molecule has 1 unspecified atom stereocenters. The van der Waals surface area contributed by atoms with Crippen molar-refractivity contribution >= 4 is 33.8 Å². The fraction of sp³-hybridized carbons (Fsp3) is 0.214. The second kappa shape index (κ2) is 6.24. The van der Waals surface area contributed by atoms with Crippen LogP contribution in [-0.4, -0.2) is 22.8 Å². The SMILES string of the molecule is CC(c1cccc(Cl)c1)N(C)C(=O)c1ccc([N+](=O)[O-])s1. The molecule has 1 amide bonds. The summed E-state index contributed by atoms with van der Waals surface area (Å²) in [4.78, 5) is 24.4. The van der Waals surface area contributed by atoms with Gasteiger partial charge < -0.3 is 4.90 Å². The summed E-state index contributed by atoms with van der Waals surface area (Å²) in [5.74, 6) is -0.249. The molecule has 1 aromatic carbocycles. The molecule has 0 fully saturated rings. The molecule has 1 atom stereocenters. The Morgan fingerprint density at radius 2 is 2.10 bits per heavy atom. The van der Waals surface area contributed by atoms with Gasteiger partial charge in [-0.05, 0) is 30.7 Å². The molecule has 1 heterocycles. The van der Waals surface area contributed by atoms with Gasteiger partial charge >= 0.3 is 5.00 Å². The van der Waals surface area contributed by atoms with Gasteiger partial charge in [0.2, 0.25) is 0 Å². The highest BCUT2D eigenvalue weighted by atomic mass is 35.5. The molecule has 0 N–H and O–H groups in total. The van der Waals surface area contributed by atoms with Crippen LogP contribution in [-0.2, 0) is 0 Å². The van der Waals surface area contributed by atoms with Crippen LogP contribution in [0.15, 0.2) is 36.4 Å².